The summed E-state index contributed by atoms with van der Waals surface area (Å²) in [5.74, 6) is 0. The van der Waals surface area contributed by atoms with Crippen LogP contribution in [0.3, 0.4) is 0 Å². The summed E-state index contributed by atoms with van der Waals surface area (Å²) in [7, 11) is 0. The predicted molar refractivity (Wildman–Crippen MR) is 31.4 cm³/mol. The first-order valence-electron chi connectivity index (χ1n) is 1.77. The maximum absolute atomic E-state index is 4.85. The SMILES string of the molecule is C=C/N=C\N=C/N. The van der Waals surface area contributed by atoms with Crippen LogP contribution in [-0.2, 0) is 0 Å². The molecule has 0 aliphatic carbocycles. The first kappa shape index (κ1) is 5.88. The minimum atomic E-state index is 1.16. The van der Waals surface area contributed by atoms with E-state index in [0.717, 1.165) is 6.34 Å². The summed E-state index contributed by atoms with van der Waals surface area (Å²) in [6.07, 6.45) is 3.85. The fraction of sp³-hybridized carbons (Fsp3) is 0. The van der Waals surface area contributed by atoms with Crippen LogP contribution in [0.25, 0.3) is 0 Å². The van der Waals surface area contributed by atoms with Crippen LogP contribution in [0.2, 0.25) is 0 Å². The summed E-state index contributed by atoms with van der Waals surface area (Å²) >= 11 is 0. The molecule has 0 aliphatic heterocycles. The third kappa shape index (κ3) is 4.88. The topological polar surface area (TPSA) is 50.7 Å². The van der Waals surface area contributed by atoms with Gasteiger partial charge in [-0.15, -0.1) is 0 Å². The quantitative estimate of drug-likeness (QED) is 0.387. The molecular formula is C4H7N3. The van der Waals surface area contributed by atoms with Gasteiger partial charge >= 0.3 is 0 Å². The maximum atomic E-state index is 4.85. The number of nitrogens with zero attached hydrogens (tertiary/aromatic N) is 2. The van der Waals surface area contributed by atoms with E-state index < -0.39 is 0 Å². The fourth-order valence-electron chi connectivity index (χ4n) is 0.124. The summed E-state index contributed by atoms with van der Waals surface area (Å²) in [5.41, 5.74) is 4.85. The lowest BCUT2D eigenvalue weighted by molar-refractivity contribution is 1.56. The van der Waals surface area contributed by atoms with Crippen molar-refractivity contribution in [2.75, 3.05) is 0 Å². The number of rotatable bonds is 2. The van der Waals surface area contributed by atoms with Gasteiger partial charge in [-0.3, -0.25) is 0 Å². The molecule has 0 aromatic rings. The third-order valence-corrected chi connectivity index (χ3v) is 0.325. The molecular weight excluding hydrogens is 90.1 g/mol. The van der Waals surface area contributed by atoms with Crippen LogP contribution in [-0.4, -0.2) is 12.7 Å². The molecule has 0 fully saturated rings. The molecule has 0 aliphatic rings. The molecule has 0 atom stereocenters. The second kappa shape index (κ2) is 4.88. The number of hydrogen-bond acceptors (Lipinski definition) is 1. The number of nitrogens with two attached hydrogens (primary N) is 1. The molecule has 0 heterocycles. The van der Waals surface area contributed by atoms with Gasteiger partial charge in [0.25, 0.3) is 0 Å². The van der Waals surface area contributed by atoms with Crippen molar-refractivity contribution in [1.82, 2.24) is 0 Å². The maximum Gasteiger partial charge on any atom is 0.116 e. The van der Waals surface area contributed by atoms with Crippen LogP contribution < -0.4 is 5.73 Å². The van der Waals surface area contributed by atoms with Crippen LogP contribution in [0.15, 0.2) is 22.8 Å². The molecule has 7 heavy (non-hydrogen) atoms. The lowest BCUT2D eigenvalue weighted by Crippen LogP contribution is -1.86. The Morgan fingerprint density at radius 3 is 2.57 bits per heavy atom. The average Bonchev–Trinajstić information content (AvgIpc) is 1.69. The second-order valence-electron chi connectivity index (χ2n) is 0.745. The van der Waals surface area contributed by atoms with Crippen LogP contribution in [0.4, 0.5) is 0 Å². The van der Waals surface area contributed by atoms with E-state index in [1.165, 1.54) is 12.5 Å². The molecule has 2 N–H and O–H groups in total. The van der Waals surface area contributed by atoms with E-state index in [1.807, 2.05) is 0 Å². The van der Waals surface area contributed by atoms with Gasteiger partial charge in [0.2, 0.25) is 0 Å². The minimum Gasteiger partial charge on any atom is -0.390 e. The van der Waals surface area contributed by atoms with Gasteiger partial charge in [0.15, 0.2) is 0 Å². The van der Waals surface area contributed by atoms with Gasteiger partial charge in [-0.25, -0.2) is 9.98 Å². The molecule has 0 aromatic carbocycles. The summed E-state index contributed by atoms with van der Waals surface area (Å²) in [4.78, 5) is 6.97. The number of hydrogen-bond donors (Lipinski definition) is 1. The van der Waals surface area contributed by atoms with Gasteiger partial charge < -0.3 is 5.73 Å². The molecule has 3 heteroatoms. The highest BCUT2D eigenvalue weighted by Crippen LogP contribution is 1.61. The van der Waals surface area contributed by atoms with Crippen LogP contribution in [0.5, 0.6) is 0 Å². The molecule has 0 saturated heterocycles. The highest BCUT2D eigenvalue weighted by atomic mass is 14.9. The summed E-state index contributed by atoms with van der Waals surface area (Å²) in [5, 5.41) is 0. The van der Waals surface area contributed by atoms with E-state index in [-0.39, 0.29) is 0 Å². The lowest BCUT2D eigenvalue weighted by Gasteiger charge is -1.67. The van der Waals surface area contributed by atoms with Crippen molar-refractivity contribution >= 4 is 12.7 Å². The molecule has 0 bridgehead atoms. The van der Waals surface area contributed by atoms with Crippen molar-refractivity contribution in [3.63, 3.8) is 0 Å². The Morgan fingerprint density at radius 2 is 2.14 bits per heavy atom. The molecule has 0 amide bonds. The summed E-state index contributed by atoms with van der Waals surface area (Å²) < 4.78 is 0. The lowest BCUT2D eigenvalue weighted by atomic mass is 11.0. The van der Waals surface area contributed by atoms with Crippen molar-refractivity contribution in [3.05, 3.63) is 12.8 Å². The molecule has 0 rings (SSSR count). The molecule has 0 aromatic heterocycles. The van der Waals surface area contributed by atoms with E-state index in [9.17, 15) is 0 Å². The van der Waals surface area contributed by atoms with Gasteiger partial charge in [-0.1, -0.05) is 6.58 Å². The highest BCUT2D eigenvalue weighted by molar-refractivity contribution is 5.69. The molecule has 0 unspecified atom stereocenters. The standard InChI is InChI=1S/C4H7N3/c1-2-6-4-7-3-5/h2-4H,1H2,(H2,5,6,7). The smallest absolute Gasteiger partial charge is 0.116 e. The minimum absolute atomic E-state index is 1.16. The molecule has 3 nitrogen and oxygen atoms in total. The Kier molecular flexibility index (Phi) is 4.10. The molecule has 0 spiro atoms. The van der Waals surface area contributed by atoms with E-state index in [4.69, 9.17) is 5.73 Å². The van der Waals surface area contributed by atoms with E-state index in [1.54, 1.807) is 0 Å². The average molecular weight is 97.1 g/mol. The summed E-state index contributed by atoms with van der Waals surface area (Å²) in [6.45, 7) is 3.32. The highest BCUT2D eigenvalue weighted by Gasteiger charge is 1.52. The van der Waals surface area contributed by atoms with Gasteiger partial charge in [-0.05, 0) is 0 Å². The van der Waals surface area contributed by atoms with Crippen molar-refractivity contribution in [2.45, 2.75) is 0 Å². The van der Waals surface area contributed by atoms with Gasteiger partial charge in [0.1, 0.15) is 6.34 Å². The van der Waals surface area contributed by atoms with E-state index in [0.29, 0.717) is 0 Å². The van der Waals surface area contributed by atoms with Gasteiger partial charge in [0, 0.05) is 6.20 Å². The first-order valence-corrected chi connectivity index (χ1v) is 1.77. The third-order valence-electron chi connectivity index (χ3n) is 0.325. The fourth-order valence-corrected chi connectivity index (χ4v) is 0.124. The van der Waals surface area contributed by atoms with Crippen LogP contribution >= 0.6 is 0 Å². The van der Waals surface area contributed by atoms with Crippen LogP contribution in [0.1, 0.15) is 0 Å². The number of aliphatic imine (C=N–C) groups is 2. The predicted octanol–water partition coefficient (Wildman–Crippen LogP) is 0.145. The zero-order valence-electron chi connectivity index (χ0n) is 3.91. The van der Waals surface area contributed by atoms with Crippen molar-refractivity contribution in [3.8, 4) is 0 Å². The Bertz CT molecular complexity index is 93.1. The zero-order chi connectivity index (χ0) is 5.54. The van der Waals surface area contributed by atoms with E-state index in [2.05, 4.69) is 16.6 Å². The largest absolute Gasteiger partial charge is 0.390 e. The van der Waals surface area contributed by atoms with Crippen LogP contribution in [0, 0.1) is 0 Å². The Balaban J connectivity index is 3.27. The van der Waals surface area contributed by atoms with Gasteiger partial charge in [-0.2, -0.15) is 0 Å². The van der Waals surface area contributed by atoms with Crippen molar-refractivity contribution in [2.24, 2.45) is 15.7 Å². The van der Waals surface area contributed by atoms with Crippen molar-refractivity contribution < 1.29 is 0 Å². The molecule has 0 radical (unpaired) electrons. The second-order valence-corrected chi connectivity index (χ2v) is 0.745. The Morgan fingerprint density at radius 1 is 1.43 bits per heavy atom. The normalized spacial score (nSPS) is 10.9. The Labute approximate surface area is 42.3 Å². The monoisotopic (exact) mass is 97.1 g/mol. The Hall–Kier alpha value is -1.12. The van der Waals surface area contributed by atoms with Gasteiger partial charge in [0.05, 0.1) is 6.34 Å². The molecule has 0 saturated carbocycles. The summed E-state index contributed by atoms with van der Waals surface area (Å²) in [6, 6.07) is 0. The van der Waals surface area contributed by atoms with E-state index >= 15 is 0 Å². The first-order chi connectivity index (χ1) is 3.41. The zero-order valence-corrected chi connectivity index (χ0v) is 3.91. The van der Waals surface area contributed by atoms with Crippen molar-refractivity contribution in [1.29, 1.82) is 0 Å². The molecule has 38 valence electrons.